The van der Waals surface area contributed by atoms with E-state index in [1.54, 1.807) is 11.3 Å². The van der Waals surface area contributed by atoms with E-state index in [2.05, 4.69) is 65.5 Å². The highest BCUT2D eigenvalue weighted by Gasteiger charge is 2.12. The number of hydrogen-bond acceptors (Lipinski definition) is 7. The third-order valence-corrected chi connectivity index (χ3v) is 5.52. The zero-order valence-electron chi connectivity index (χ0n) is 18.9. The topological polar surface area (TPSA) is 129 Å². The maximum absolute atomic E-state index is 9.00. The van der Waals surface area contributed by atoms with Crippen molar-refractivity contribution in [3.05, 3.63) is 59.4 Å². The van der Waals surface area contributed by atoms with Gasteiger partial charge in [0.05, 0.1) is 22.3 Å². The maximum Gasteiger partial charge on any atom is 0.300 e. The Kier molecular flexibility index (Phi) is 9.71. The third-order valence-electron chi connectivity index (χ3n) is 4.38. The summed E-state index contributed by atoms with van der Waals surface area (Å²) in [5, 5.41) is 18.3. The molecule has 0 bridgehead atoms. The van der Waals surface area contributed by atoms with Crippen molar-refractivity contribution in [3.8, 4) is 0 Å². The number of benzene rings is 2. The highest BCUT2D eigenvalue weighted by Crippen LogP contribution is 2.33. The second kappa shape index (κ2) is 12.5. The fraction of sp³-hybridized carbons (Fsp3) is 0.250. The first-order chi connectivity index (χ1) is 15.7. The minimum Gasteiger partial charge on any atom is -0.481 e. The number of carboxylic acid groups (broad SMARTS) is 2. The van der Waals surface area contributed by atoms with Crippen molar-refractivity contribution < 1.29 is 19.8 Å². The Labute approximate surface area is 196 Å². The highest BCUT2D eigenvalue weighted by atomic mass is 32.1. The van der Waals surface area contributed by atoms with Crippen molar-refractivity contribution in [2.75, 3.05) is 13.1 Å². The molecular weight excluding hydrogens is 440 g/mol. The largest absolute Gasteiger partial charge is 0.481 e. The lowest BCUT2D eigenvalue weighted by molar-refractivity contribution is -0.135. The van der Waals surface area contributed by atoms with Crippen LogP contribution in [0.5, 0.6) is 0 Å². The number of hydrogen-bond donors (Lipinski definition) is 3. The molecular formula is C24H28N4O4S. The van der Waals surface area contributed by atoms with Crippen LogP contribution in [0.4, 0.5) is 0 Å². The molecule has 33 heavy (non-hydrogen) atoms. The first-order valence-corrected chi connectivity index (χ1v) is 11.1. The fourth-order valence-electron chi connectivity index (χ4n) is 2.94. The van der Waals surface area contributed by atoms with Crippen LogP contribution in [0.15, 0.2) is 59.4 Å². The van der Waals surface area contributed by atoms with E-state index in [0.29, 0.717) is 6.54 Å². The molecule has 1 aliphatic rings. The Morgan fingerprint density at radius 1 is 1.06 bits per heavy atom. The Morgan fingerprint density at radius 3 is 2.33 bits per heavy atom. The first-order valence-electron chi connectivity index (χ1n) is 10.3. The number of thiazole rings is 1. The normalized spacial score (nSPS) is 13.8. The average Bonchev–Trinajstić information content (AvgIpc) is 3.22. The van der Waals surface area contributed by atoms with Crippen molar-refractivity contribution in [2.45, 2.75) is 27.2 Å². The third kappa shape index (κ3) is 7.81. The smallest absolute Gasteiger partial charge is 0.300 e. The molecule has 0 amide bonds. The summed E-state index contributed by atoms with van der Waals surface area (Å²) in [4.78, 5) is 29.6. The Morgan fingerprint density at radius 2 is 1.73 bits per heavy atom. The Bertz CT molecular complexity index is 1180. The van der Waals surface area contributed by atoms with E-state index in [0.717, 1.165) is 48.6 Å². The van der Waals surface area contributed by atoms with Gasteiger partial charge in [0, 0.05) is 37.6 Å². The Hall–Kier alpha value is -3.56. The van der Waals surface area contributed by atoms with Gasteiger partial charge >= 0.3 is 0 Å². The molecule has 4 rings (SSSR count). The molecule has 0 saturated heterocycles. The van der Waals surface area contributed by atoms with Crippen molar-refractivity contribution >= 4 is 56.2 Å². The van der Waals surface area contributed by atoms with Crippen LogP contribution in [0.1, 0.15) is 32.2 Å². The number of nitrogens with two attached hydrogens (primary N) is 1. The number of rotatable bonds is 4. The van der Waals surface area contributed by atoms with Crippen LogP contribution in [0, 0.1) is 0 Å². The van der Waals surface area contributed by atoms with E-state index < -0.39 is 11.9 Å². The van der Waals surface area contributed by atoms with Gasteiger partial charge in [0.15, 0.2) is 0 Å². The van der Waals surface area contributed by atoms with Crippen LogP contribution in [0.2, 0.25) is 0 Å². The zero-order chi connectivity index (χ0) is 24.4. The fourth-order valence-corrected chi connectivity index (χ4v) is 3.93. The van der Waals surface area contributed by atoms with E-state index in [4.69, 9.17) is 30.5 Å². The molecule has 174 valence electrons. The molecule has 0 saturated carbocycles. The van der Waals surface area contributed by atoms with E-state index in [1.807, 2.05) is 6.34 Å². The number of aliphatic imine (C=N–C) groups is 1. The summed E-state index contributed by atoms with van der Waals surface area (Å²) >= 11 is 1.72. The first kappa shape index (κ1) is 25.7. The summed E-state index contributed by atoms with van der Waals surface area (Å²) in [6.07, 6.45) is 6.94. The summed E-state index contributed by atoms with van der Waals surface area (Å²) < 4.78 is 1.21. The number of fused-ring (bicyclic) bond motifs is 3. The van der Waals surface area contributed by atoms with Gasteiger partial charge in [0.25, 0.3) is 11.9 Å². The van der Waals surface area contributed by atoms with E-state index in [9.17, 15) is 0 Å². The minimum atomic E-state index is -0.833. The average molecular weight is 469 g/mol. The molecule has 9 heteroatoms. The summed E-state index contributed by atoms with van der Waals surface area (Å²) in [7, 11) is 0. The molecule has 3 aromatic rings. The van der Waals surface area contributed by atoms with Gasteiger partial charge in [-0.3, -0.25) is 9.59 Å². The molecule has 8 nitrogen and oxygen atoms in total. The molecule has 0 atom stereocenters. The molecule has 4 N–H and O–H groups in total. The second-order valence-electron chi connectivity index (χ2n) is 7.14. The van der Waals surface area contributed by atoms with Gasteiger partial charge in [-0.25, -0.2) is 9.98 Å². The van der Waals surface area contributed by atoms with Gasteiger partial charge in [-0.1, -0.05) is 30.3 Å². The molecule has 0 unspecified atom stereocenters. The number of nitrogens with zero attached hydrogens (tertiary/aromatic N) is 3. The zero-order valence-corrected chi connectivity index (χ0v) is 19.7. The lowest BCUT2D eigenvalue weighted by Crippen LogP contribution is -2.21. The number of carbonyl (C=O) groups is 2. The van der Waals surface area contributed by atoms with Gasteiger partial charge in [-0.05, 0) is 37.4 Å². The van der Waals surface area contributed by atoms with Crippen LogP contribution >= 0.6 is 11.3 Å². The van der Waals surface area contributed by atoms with Crippen LogP contribution in [0.3, 0.4) is 0 Å². The number of aromatic nitrogens is 1. The summed E-state index contributed by atoms with van der Waals surface area (Å²) in [6.45, 7) is 5.85. The molecule has 0 aliphatic carbocycles. The number of carboxylic acids is 2. The van der Waals surface area contributed by atoms with Gasteiger partial charge in [-0.15, -0.1) is 11.3 Å². The van der Waals surface area contributed by atoms with Gasteiger partial charge in [0.1, 0.15) is 5.01 Å². The summed E-state index contributed by atoms with van der Waals surface area (Å²) in [6, 6.07) is 12.7. The predicted molar refractivity (Wildman–Crippen MR) is 134 cm³/mol. The minimum absolute atomic E-state index is 0.694. The van der Waals surface area contributed by atoms with E-state index >= 15 is 0 Å². The van der Waals surface area contributed by atoms with Crippen molar-refractivity contribution in [1.29, 1.82) is 0 Å². The predicted octanol–water partition coefficient (Wildman–Crippen LogP) is 4.57. The van der Waals surface area contributed by atoms with Crippen molar-refractivity contribution in [1.82, 2.24) is 9.88 Å². The lowest BCUT2D eigenvalue weighted by Gasteiger charge is -2.17. The van der Waals surface area contributed by atoms with Gasteiger partial charge in [0.2, 0.25) is 0 Å². The standard InChI is InChI=1S/C20H20N4S.2C2H4O2/c1-14(17-9-12-24(13-22-17)11-4-10-21)20-23-19-16-6-3-2-5-15(16)7-8-18(19)25-20;2*1-2(3)4/h2-3,5-9,12-13H,4,10-11,21H2,1H3;2*1H3,(H,3,4). The molecule has 2 heterocycles. The van der Waals surface area contributed by atoms with E-state index in [1.165, 1.54) is 15.5 Å². The molecule has 0 spiro atoms. The molecule has 0 radical (unpaired) electrons. The molecule has 1 aromatic heterocycles. The molecule has 1 aliphatic heterocycles. The summed E-state index contributed by atoms with van der Waals surface area (Å²) in [5.74, 6) is -1.67. The lowest BCUT2D eigenvalue weighted by atomic mass is 10.1. The Balaban J connectivity index is 0.000000420. The van der Waals surface area contributed by atoms with Crippen molar-refractivity contribution in [3.63, 3.8) is 0 Å². The quantitative estimate of drug-likeness (QED) is 0.511. The van der Waals surface area contributed by atoms with Crippen LogP contribution in [-0.4, -0.2) is 51.5 Å². The van der Waals surface area contributed by atoms with Crippen molar-refractivity contribution in [2.24, 2.45) is 10.7 Å². The van der Waals surface area contributed by atoms with Crippen LogP contribution < -0.4 is 5.73 Å². The van der Waals surface area contributed by atoms with Gasteiger partial charge < -0.3 is 20.8 Å². The monoisotopic (exact) mass is 468 g/mol. The molecule has 2 aromatic carbocycles. The molecule has 0 fully saturated rings. The van der Waals surface area contributed by atoms with Gasteiger partial charge in [-0.2, -0.15) is 0 Å². The van der Waals surface area contributed by atoms with Crippen LogP contribution in [0.25, 0.3) is 26.6 Å². The number of allylic oxidation sites excluding steroid dienone is 2. The highest BCUT2D eigenvalue weighted by molar-refractivity contribution is 7.19. The number of aliphatic carboxylic acids is 2. The SMILES string of the molecule is CC(=C1C=CN(CCCN)C=N1)c1nc2c(ccc3ccccc32)s1.CC(=O)O.CC(=O)O. The van der Waals surface area contributed by atoms with Crippen LogP contribution in [-0.2, 0) is 9.59 Å². The second-order valence-corrected chi connectivity index (χ2v) is 8.17. The maximum atomic E-state index is 9.00. The summed E-state index contributed by atoms with van der Waals surface area (Å²) in [5.41, 5.74) is 8.71. The van der Waals surface area contributed by atoms with E-state index in [-0.39, 0.29) is 0 Å².